The predicted octanol–water partition coefficient (Wildman–Crippen LogP) is 2.87. The number of ether oxygens (including phenoxy) is 2. The van der Waals surface area contributed by atoms with Crippen molar-refractivity contribution in [3.05, 3.63) is 35.4 Å². The van der Waals surface area contributed by atoms with Gasteiger partial charge in [-0.15, -0.1) is 0 Å². The minimum atomic E-state index is -0.529. The summed E-state index contributed by atoms with van der Waals surface area (Å²) in [5.74, 6) is 0. The van der Waals surface area contributed by atoms with Crippen LogP contribution in [0.3, 0.4) is 0 Å². The summed E-state index contributed by atoms with van der Waals surface area (Å²) in [7, 11) is 1.66. The average Bonchev–Trinajstić information content (AvgIpc) is 2.46. The number of hydrogen-bond donors (Lipinski definition) is 1. The minimum Gasteiger partial charge on any atom is -0.390 e. The zero-order valence-electron chi connectivity index (χ0n) is 12.1. The fourth-order valence-electron chi connectivity index (χ4n) is 2.64. The molecule has 0 aliphatic carbocycles. The van der Waals surface area contributed by atoms with Crippen LogP contribution in [-0.4, -0.2) is 30.5 Å². The predicted molar refractivity (Wildman–Crippen MR) is 75.2 cm³/mol. The molecule has 1 heterocycles. The lowest BCUT2D eigenvalue weighted by molar-refractivity contribution is -0.114. The van der Waals surface area contributed by atoms with E-state index >= 15 is 0 Å². The lowest BCUT2D eigenvalue weighted by Crippen LogP contribution is -2.42. The fourth-order valence-corrected chi connectivity index (χ4v) is 2.64. The largest absolute Gasteiger partial charge is 0.390 e. The molecule has 0 saturated carbocycles. The Morgan fingerprint density at radius 3 is 2.89 bits per heavy atom. The van der Waals surface area contributed by atoms with Gasteiger partial charge in [-0.3, -0.25) is 0 Å². The SMILES string of the molecule is CCC(C)(OC)C(O)CC1OCCc2ccccc21. The number of methoxy groups -OCH3 is 1. The molecule has 1 aromatic rings. The molecule has 3 unspecified atom stereocenters. The van der Waals surface area contributed by atoms with Crippen molar-refractivity contribution in [1.29, 1.82) is 0 Å². The van der Waals surface area contributed by atoms with E-state index in [4.69, 9.17) is 9.47 Å². The van der Waals surface area contributed by atoms with Crippen LogP contribution in [0.25, 0.3) is 0 Å². The van der Waals surface area contributed by atoms with Crippen LogP contribution in [-0.2, 0) is 15.9 Å². The van der Waals surface area contributed by atoms with Crippen molar-refractivity contribution in [3.8, 4) is 0 Å². The van der Waals surface area contributed by atoms with E-state index < -0.39 is 11.7 Å². The van der Waals surface area contributed by atoms with E-state index in [1.54, 1.807) is 7.11 Å². The Morgan fingerprint density at radius 1 is 1.47 bits per heavy atom. The number of rotatable bonds is 5. The molecule has 0 saturated heterocycles. The summed E-state index contributed by atoms with van der Waals surface area (Å²) in [6.45, 7) is 4.71. The maximum absolute atomic E-state index is 10.4. The third-order valence-electron chi connectivity index (χ3n) is 4.40. The third kappa shape index (κ3) is 2.99. The molecule has 2 rings (SSSR count). The third-order valence-corrected chi connectivity index (χ3v) is 4.40. The van der Waals surface area contributed by atoms with Crippen LogP contribution in [0.5, 0.6) is 0 Å². The second-order valence-corrected chi connectivity index (χ2v) is 5.43. The molecule has 0 aromatic heterocycles. The molecule has 1 aliphatic rings. The van der Waals surface area contributed by atoms with E-state index in [1.807, 2.05) is 19.9 Å². The summed E-state index contributed by atoms with van der Waals surface area (Å²) in [5, 5.41) is 10.4. The second-order valence-electron chi connectivity index (χ2n) is 5.43. The standard InChI is InChI=1S/C16H24O3/c1-4-16(2,18-3)15(17)11-14-13-8-6-5-7-12(13)9-10-19-14/h5-8,14-15,17H,4,9-11H2,1-3H3. The topological polar surface area (TPSA) is 38.7 Å². The summed E-state index contributed by atoms with van der Waals surface area (Å²) in [5.41, 5.74) is 2.04. The molecular weight excluding hydrogens is 240 g/mol. The molecular formula is C16H24O3. The first-order chi connectivity index (χ1) is 9.10. The Hall–Kier alpha value is -0.900. The first kappa shape index (κ1) is 14.5. The highest BCUT2D eigenvalue weighted by molar-refractivity contribution is 5.31. The summed E-state index contributed by atoms with van der Waals surface area (Å²) in [6, 6.07) is 8.33. The van der Waals surface area contributed by atoms with Gasteiger partial charge in [-0.2, -0.15) is 0 Å². The fraction of sp³-hybridized carbons (Fsp3) is 0.625. The highest BCUT2D eigenvalue weighted by atomic mass is 16.5. The van der Waals surface area contributed by atoms with Gasteiger partial charge in [0.05, 0.1) is 24.4 Å². The van der Waals surface area contributed by atoms with Gasteiger partial charge in [-0.05, 0) is 30.9 Å². The molecule has 0 spiro atoms. The Labute approximate surface area is 115 Å². The summed E-state index contributed by atoms with van der Waals surface area (Å²) >= 11 is 0. The van der Waals surface area contributed by atoms with Crippen molar-refractivity contribution in [2.75, 3.05) is 13.7 Å². The van der Waals surface area contributed by atoms with E-state index in [0.29, 0.717) is 6.42 Å². The summed E-state index contributed by atoms with van der Waals surface area (Å²) < 4.78 is 11.3. The molecule has 3 nitrogen and oxygen atoms in total. The maximum Gasteiger partial charge on any atom is 0.0906 e. The van der Waals surface area contributed by atoms with Gasteiger partial charge >= 0.3 is 0 Å². The van der Waals surface area contributed by atoms with Crippen molar-refractivity contribution in [3.63, 3.8) is 0 Å². The van der Waals surface area contributed by atoms with Gasteiger partial charge in [0.2, 0.25) is 0 Å². The van der Waals surface area contributed by atoms with Crippen LogP contribution in [0, 0.1) is 0 Å². The molecule has 3 atom stereocenters. The molecule has 1 N–H and O–H groups in total. The van der Waals surface area contributed by atoms with Crippen LogP contribution < -0.4 is 0 Å². The molecule has 0 fully saturated rings. The summed E-state index contributed by atoms with van der Waals surface area (Å²) in [6.07, 6.45) is 1.76. The van der Waals surface area contributed by atoms with Gasteiger partial charge in [-0.1, -0.05) is 31.2 Å². The van der Waals surface area contributed by atoms with E-state index in [9.17, 15) is 5.11 Å². The number of benzene rings is 1. The van der Waals surface area contributed by atoms with Crippen molar-refractivity contribution >= 4 is 0 Å². The van der Waals surface area contributed by atoms with Gasteiger partial charge in [-0.25, -0.2) is 0 Å². The maximum atomic E-state index is 10.4. The van der Waals surface area contributed by atoms with Gasteiger partial charge < -0.3 is 14.6 Å². The molecule has 0 amide bonds. The van der Waals surface area contributed by atoms with Crippen molar-refractivity contribution < 1.29 is 14.6 Å². The first-order valence-electron chi connectivity index (χ1n) is 7.03. The van der Waals surface area contributed by atoms with Crippen molar-refractivity contribution in [2.24, 2.45) is 0 Å². The second kappa shape index (κ2) is 6.04. The van der Waals surface area contributed by atoms with E-state index in [1.165, 1.54) is 11.1 Å². The Balaban J connectivity index is 2.12. The minimum absolute atomic E-state index is 0.0269. The number of aliphatic hydroxyl groups is 1. The highest BCUT2D eigenvalue weighted by Crippen LogP contribution is 2.34. The number of fused-ring (bicyclic) bond motifs is 1. The normalized spacial score (nSPS) is 23.5. The van der Waals surface area contributed by atoms with E-state index in [0.717, 1.165) is 19.4 Å². The van der Waals surface area contributed by atoms with Crippen LogP contribution in [0.15, 0.2) is 24.3 Å². The molecule has 3 heteroatoms. The van der Waals surface area contributed by atoms with Gasteiger partial charge in [0.25, 0.3) is 0 Å². The van der Waals surface area contributed by atoms with Gasteiger partial charge in [0.1, 0.15) is 0 Å². The molecule has 19 heavy (non-hydrogen) atoms. The molecule has 0 radical (unpaired) electrons. The van der Waals surface area contributed by atoms with Crippen molar-refractivity contribution in [1.82, 2.24) is 0 Å². The molecule has 1 aromatic carbocycles. The van der Waals surface area contributed by atoms with Gasteiger partial charge in [0.15, 0.2) is 0 Å². The van der Waals surface area contributed by atoms with Crippen LogP contribution in [0.4, 0.5) is 0 Å². The highest BCUT2D eigenvalue weighted by Gasteiger charge is 2.34. The summed E-state index contributed by atoms with van der Waals surface area (Å²) in [4.78, 5) is 0. The zero-order chi connectivity index (χ0) is 13.9. The average molecular weight is 264 g/mol. The van der Waals surface area contributed by atoms with E-state index in [-0.39, 0.29) is 6.10 Å². The van der Waals surface area contributed by atoms with Crippen molar-refractivity contribution in [2.45, 2.75) is 50.9 Å². The quantitative estimate of drug-likeness (QED) is 0.888. The monoisotopic (exact) mass is 264 g/mol. The molecule has 0 bridgehead atoms. The lowest BCUT2D eigenvalue weighted by Gasteiger charge is -2.35. The zero-order valence-corrected chi connectivity index (χ0v) is 12.1. The molecule has 1 aliphatic heterocycles. The Kier molecular flexibility index (Phi) is 4.61. The van der Waals surface area contributed by atoms with Crippen LogP contribution in [0.2, 0.25) is 0 Å². The van der Waals surface area contributed by atoms with Crippen LogP contribution in [0.1, 0.15) is 43.9 Å². The smallest absolute Gasteiger partial charge is 0.0906 e. The molecule has 106 valence electrons. The van der Waals surface area contributed by atoms with Crippen LogP contribution >= 0.6 is 0 Å². The Morgan fingerprint density at radius 2 is 2.21 bits per heavy atom. The Bertz CT molecular complexity index is 412. The van der Waals surface area contributed by atoms with E-state index in [2.05, 4.69) is 18.2 Å². The number of hydrogen-bond acceptors (Lipinski definition) is 3. The number of aliphatic hydroxyl groups excluding tert-OH is 1. The lowest BCUT2D eigenvalue weighted by atomic mass is 9.87. The first-order valence-corrected chi connectivity index (χ1v) is 7.03. The van der Waals surface area contributed by atoms with Gasteiger partial charge in [0, 0.05) is 13.5 Å².